The first-order valence-corrected chi connectivity index (χ1v) is 8.73. The number of rotatable bonds is 6. The Morgan fingerprint density at radius 3 is 2.92 bits per heavy atom. The van der Waals surface area contributed by atoms with Crippen molar-refractivity contribution in [2.45, 2.75) is 19.9 Å². The molecule has 1 aliphatic rings. The minimum absolute atomic E-state index is 0.00362. The van der Waals surface area contributed by atoms with Crippen LogP contribution in [0.4, 0.5) is 5.69 Å². The van der Waals surface area contributed by atoms with Gasteiger partial charge in [-0.2, -0.15) is 5.26 Å². The number of amides is 1. The highest BCUT2D eigenvalue weighted by Crippen LogP contribution is 2.31. The molecule has 0 atom stereocenters. The van der Waals surface area contributed by atoms with Crippen LogP contribution < -0.4 is 16.0 Å². The molecular weight excluding hydrogens is 324 g/mol. The van der Waals surface area contributed by atoms with Crippen LogP contribution >= 0.6 is 0 Å². The van der Waals surface area contributed by atoms with E-state index in [1.165, 1.54) is 18.1 Å². The van der Waals surface area contributed by atoms with Gasteiger partial charge in [0.1, 0.15) is 0 Å². The van der Waals surface area contributed by atoms with Crippen molar-refractivity contribution in [1.29, 1.82) is 5.26 Å². The lowest BCUT2D eigenvalue weighted by molar-refractivity contribution is -0.118. The number of anilines is 1. The Morgan fingerprint density at radius 2 is 2.12 bits per heavy atom. The standard InChI is InChI=1S/C21H22N4O/c1-15(26)24-7-3-8-25-21-12-19(11-18-6-9-23-14-20(18)21)17-5-2-4-16(10-17)13-22/h2,4-6,9-12,23,25H,3,7-8,14H2,1H3,(H,24,26). The molecule has 1 aliphatic heterocycles. The van der Waals surface area contributed by atoms with Crippen LogP contribution in [0.5, 0.6) is 0 Å². The van der Waals surface area contributed by atoms with Crippen molar-refractivity contribution in [3.8, 4) is 17.2 Å². The van der Waals surface area contributed by atoms with Gasteiger partial charge < -0.3 is 16.0 Å². The van der Waals surface area contributed by atoms with Crippen LogP contribution in [-0.2, 0) is 11.3 Å². The molecule has 0 aliphatic carbocycles. The van der Waals surface area contributed by atoms with Crippen molar-refractivity contribution in [2.75, 3.05) is 18.4 Å². The summed E-state index contributed by atoms with van der Waals surface area (Å²) in [6.07, 6.45) is 4.88. The molecule has 1 amide bonds. The molecule has 3 rings (SSSR count). The number of carbonyl (C=O) groups excluding carboxylic acids is 1. The van der Waals surface area contributed by atoms with Gasteiger partial charge in [0, 0.05) is 37.8 Å². The van der Waals surface area contributed by atoms with Crippen LogP contribution in [0.3, 0.4) is 0 Å². The molecule has 0 unspecified atom stereocenters. The topological polar surface area (TPSA) is 77.0 Å². The Kier molecular flexibility index (Phi) is 5.55. The highest BCUT2D eigenvalue weighted by molar-refractivity contribution is 5.77. The predicted molar refractivity (Wildman–Crippen MR) is 104 cm³/mol. The molecule has 5 heteroatoms. The van der Waals surface area contributed by atoms with Crippen LogP contribution in [0, 0.1) is 11.3 Å². The Balaban J connectivity index is 1.84. The lowest BCUT2D eigenvalue weighted by atomic mass is 9.95. The second-order valence-corrected chi connectivity index (χ2v) is 6.26. The number of nitrogens with zero attached hydrogens (tertiary/aromatic N) is 1. The van der Waals surface area contributed by atoms with Gasteiger partial charge >= 0.3 is 0 Å². The van der Waals surface area contributed by atoms with E-state index in [1.54, 1.807) is 0 Å². The summed E-state index contributed by atoms with van der Waals surface area (Å²) in [5.74, 6) is -0.00362. The molecule has 2 aromatic rings. The molecular formula is C21H22N4O. The summed E-state index contributed by atoms with van der Waals surface area (Å²) in [5, 5.41) is 18.7. The van der Waals surface area contributed by atoms with Gasteiger partial charge in [-0.25, -0.2) is 0 Å². The van der Waals surface area contributed by atoms with Crippen molar-refractivity contribution >= 4 is 17.7 Å². The maximum absolute atomic E-state index is 11.0. The molecule has 26 heavy (non-hydrogen) atoms. The maximum atomic E-state index is 11.0. The first-order chi connectivity index (χ1) is 12.7. The number of hydrogen-bond acceptors (Lipinski definition) is 4. The smallest absolute Gasteiger partial charge is 0.216 e. The van der Waals surface area contributed by atoms with Gasteiger partial charge in [0.15, 0.2) is 0 Å². The summed E-state index contributed by atoms with van der Waals surface area (Å²) in [6.45, 7) is 3.74. The fraction of sp³-hybridized carbons (Fsp3) is 0.238. The fourth-order valence-electron chi connectivity index (χ4n) is 3.02. The van der Waals surface area contributed by atoms with E-state index in [9.17, 15) is 4.79 Å². The minimum Gasteiger partial charge on any atom is -0.387 e. The van der Waals surface area contributed by atoms with E-state index in [4.69, 9.17) is 5.26 Å². The van der Waals surface area contributed by atoms with Crippen molar-refractivity contribution in [2.24, 2.45) is 0 Å². The number of nitriles is 1. The first kappa shape index (κ1) is 17.6. The summed E-state index contributed by atoms with van der Waals surface area (Å²) in [6, 6.07) is 14.1. The van der Waals surface area contributed by atoms with Crippen LogP contribution in [0.15, 0.2) is 42.6 Å². The fourth-order valence-corrected chi connectivity index (χ4v) is 3.02. The molecule has 1 heterocycles. The zero-order chi connectivity index (χ0) is 18.4. The maximum Gasteiger partial charge on any atom is 0.216 e. The summed E-state index contributed by atoms with van der Waals surface area (Å²) >= 11 is 0. The van der Waals surface area contributed by atoms with Gasteiger partial charge in [-0.3, -0.25) is 4.79 Å². The number of benzene rings is 2. The van der Waals surface area contributed by atoms with E-state index in [0.717, 1.165) is 36.3 Å². The molecule has 0 aromatic heterocycles. The molecule has 132 valence electrons. The molecule has 0 spiro atoms. The molecule has 0 saturated heterocycles. The predicted octanol–water partition coefficient (Wildman–Crippen LogP) is 3.24. The Hall–Kier alpha value is -3.26. The largest absolute Gasteiger partial charge is 0.387 e. The number of hydrogen-bond donors (Lipinski definition) is 3. The van der Waals surface area contributed by atoms with Crippen LogP contribution in [0.1, 0.15) is 30.0 Å². The van der Waals surface area contributed by atoms with E-state index < -0.39 is 0 Å². The second kappa shape index (κ2) is 8.21. The molecule has 5 nitrogen and oxygen atoms in total. The SMILES string of the molecule is CC(=O)NCCCNc1cc(-c2cccc(C#N)c2)cc2c1CNC=C2. The average molecular weight is 346 g/mol. The molecule has 0 bridgehead atoms. The van der Waals surface area contributed by atoms with Crippen LogP contribution in [0.25, 0.3) is 17.2 Å². The molecule has 3 N–H and O–H groups in total. The lowest BCUT2D eigenvalue weighted by Gasteiger charge is -2.20. The minimum atomic E-state index is -0.00362. The third-order valence-electron chi connectivity index (χ3n) is 4.31. The van der Waals surface area contributed by atoms with Crippen LogP contribution in [-0.4, -0.2) is 19.0 Å². The van der Waals surface area contributed by atoms with Crippen LogP contribution in [0.2, 0.25) is 0 Å². The zero-order valence-electron chi connectivity index (χ0n) is 14.8. The Morgan fingerprint density at radius 1 is 1.23 bits per heavy atom. The molecule has 2 aromatic carbocycles. The lowest BCUT2D eigenvalue weighted by Crippen LogP contribution is -2.23. The van der Waals surface area contributed by atoms with Crippen molar-refractivity contribution in [1.82, 2.24) is 10.6 Å². The summed E-state index contributed by atoms with van der Waals surface area (Å²) < 4.78 is 0. The van der Waals surface area contributed by atoms with Gasteiger partial charge in [0.05, 0.1) is 11.6 Å². The summed E-state index contributed by atoms with van der Waals surface area (Å²) in [5.41, 5.74) is 6.25. The second-order valence-electron chi connectivity index (χ2n) is 6.26. The summed E-state index contributed by atoms with van der Waals surface area (Å²) in [4.78, 5) is 11.0. The van der Waals surface area contributed by atoms with E-state index in [-0.39, 0.29) is 5.91 Å². The van der Waals surface area contributed by atoms with E-state index in [2.05, 4.69) is 40.2 Å². The highest BCUT2D eigenvalue weighted by atomic mass is 16.1. The Bertz CT molecular complexity index is 880. The quantitative estimate of drug-likeness (QED) is 0.702. The van der Waals surface area contributed by atoms with E-state index in [0.29, 0.717) is 12.1 Å². The number of carbonyl (C=O) groups is 1. The van der Waals surface area contributed by atoms with Gasteiger partial charge in [0.2, 0.25) is 5.91 Å². The average Bonchev–Trinajstić information content (AvgIpc) is 2.67. The van der Waals surface area contributed by atoms with Gasteiger partial charge in [-0.1, -0.05) is 12.1 Å². The van der Waals surface area contributed by atoms with Crippen molar-refractivity contribution in [3.05, 3.63) is 59.3 Å². The monoisotopic (exact) mass is 346 g/mol. The van der Waals surface area contributed by atoms with E-state index in [1.807, 2.05) is 30.5 Å². The zero-order valence-corrected chi connectivity index (χ0v) is 14.8. The third kappa shape index (κ3) is 4.22. The highest BCUT2D eigenvalue weighted by Gasteiger charge is 2.12. The van der Waals surface area contributed by atoms with Gasteiger partial charge in [-0.15, -0.1) is 0 Å². The van der Waals surface area contributed by atoms with Gasteiger partial charge in [-0.05, 0) is 59.7 Å². The van der Waals surface area contributed by atoms with E-state index >= 15 is 0 Å². The summed E-state index contributed by atoms with van der Waals surface area (Å²) in [7, 11) is 0. The number of nitrogens with one attached hydrogen (secondary N) is 3. The third-order valence-corrected chi connectivity index (χ3v) is 4.31. The van der Waals surface area contributed by atoms with Gasteiger partial charge in [0.25, 0.3) is 0 Å². The molecule has 0 radical (unpaired) electrons. The molecule has 0 fully saturated rings. The normalized spacial score (nSPS) is 11.8. The first-order valence-electron chi connectivity index (χ1n) is 8.73. The van der Waals surface area contributed by atoms with Crippen molar-refractivity contribution < 1.29 is 4.79 Å². The Labute approximate surface area is 153 Å². The number of fused-ring (bicyclic) bond motifs is 1. The molecule has 0 saturated carbocycles. The van der Waals surface area contributed by atoms with Crippen molar-refractivity contribution in [3.63, 3.8) is 0 Å².